The highest BCUT2D eigenvalue weighted by Gasteiger charge is 2.47. The van der Waals surface area contributed by atoms with Crippen molar-refractivity contribution in [2.45, 2.75) is 74.2 Å². The number of benzene rings is 1. The Kier molecular flexibility index (Phi) is 5.87. The van der Waals surface area contributed by atoms with Crippen molar-refractivity contribution < 1.29 is 26.7 Å². The number of ether oxygens (including phenoxy) is 2. The van der Waals surface area contributed by atoms with E-state index in [1.165, 1.54) is 24.3 Å². The number of halogens is 2. The maximum atomic E-state index is 13.2. The topological polar surface area (TPSA) is 67.9 Å². The van der Waals surface area contributed by atoms with Gasteiger partial charge in [0.15, 0.2) is 0 Å². The molecule has 0 aromatic heterocycles. The molecule has 0 radical (unpaired) electrons. The molecule has 3 atom stereocenters. The quantitative estimate of drug-likeness (QED) is 0.772. The molecule has 3 aliphatic rings. The summed E-state index contributed by atoms with van der Waals surface area (Å²) in [6.45, 7) is -1.37. The zero-order valence-electron chi connectivity index (χ0n) is 15.6. The van der Waals surface area contributed by atoms with Crippen LogP contribution in [0.4, 0.5) is 8.78 Å². The molecule has 3 aliphatic heterocycles. The van der Waals surface area contributed by atoms with E-state index < -0.39 is 16.6 Å². The number of fused-ring (bicyclic) bond motifs is 2. The average Bonchev–Trinajstić information content (AvgIpc) is 2.95. The van der Waals surface area contributed by atoms with E-state index >= 15 is 0 Å². The van der Waals surface area contributed by atoms with Crippen molar-refractivity contribution in [2.75, 3.05) is 13.2 Å². The van der Waals surface area contributed by atoms with E-state index in [1.54, 1.807) is 4.31 Å². The Labute approximate surface area is 164 Å². The zero-order valence-corrected chi connectivity index (χ0v) is 16.4. The van der Waals surface area contributed by atoms with Gasteiger partial charge in [-0.25, -0.2) is 8.42 Å². The number of rotatable bonds is 6. The van der Waals surface area contributed by atoms with Crippen LogP contribution in [0.2, 0.25) is 0 Å². The Hall–Kier alpha value is -1.29. The van der Waals surface area contributed by atoms with Gasteiger partial charge in [0.25, 0.3) is 0 Å². The molecule has 0 aliphatic carbocycles. The third-order valence-corrected chi connectivity index (χ3v) is 8.00. The van der Waals surface area contributed by atoms with Crippen LogP contribution in [0.1, 0.15) is 38.5 Å². The molecule has 0 saturated carbocycles. The lowest BCUT2D eigenvalue weighted by Gasteiger charge is -2.40. The van der Waals surface area contributed by atoms with Crippen molar-refractivity contribution in [3.8, 4) is 5.75 Å². The molecule has 156 valence electrons. The SMILES string of the molecule is O=S(=O)(c1ccc(OC(F)F)cc1)N1[C@@H]2CC[C@H]1C[C@@H](NC1CCOCC1)C2. The summed E-state index contributed by atoms with van der Waals surface area (Å²) in [5, 5.41) is 3.71. The van der Waals surface area contributed by atoms with Gasteiger partial charge in [-0.1, -0.05) is 0 Å². The molecule has 1 aromatic rings. The maximum absolute atomic E-state index is 13.2. The molecule has 0 amide bonds. The number of alkyl halides is 2. The first-order valence-corrected chi connectivity index (χ1v) is 11.3. The van der Waals surface area contributed by atoms with Gasteiger partial charge in [-0.15, -0.1) is 0 Å². The normalized spacial score (nSPS) is 29.3. The minimum absolute atomic E-state index is 0.0157. The van der Waals surface area contributed by atoms with E-state index in [0.29, 0.717) is 12.1 Å². The second-order valence-electron chi connectivity index (χ2n) is 7.79. The smallest absolute Gasteiger partial charge is 0.387 e. The molecule has 1 aromatic carbocycles. The van der Waals surface area contributed by atoms with Gasteiger partial charge in [-0.2, -0.15) is 13.1 Å². The second kappa shape index (κ2) is 8.22. The van der Waals surface area contributed by atoms with E-state index in [1.807, 2.05) is 0 Å². The number of nitrogens with one attached hydrogen (secondary N) is 1. The van der Waals surface area contributed by atoms with Gasteiger partial charge in [0.1, 0.15) is 5.75 Å². The molecule has 6 nitrogen and oxygen atoms in total. The predicted octanol–water partition coefficient (Wildman–Crippen LogP) is 2.74. The van der Waals surface area contributed by atoms with Crippen LogP contribution in [0.5, 0.6) is 5.75 Å². The highest BCUT2D eigenvalue weighted by molar-refractivity contribution is 7.89. The van der Waals surface area contributed by atoms with E-state index in [0.717, 1.165) is 51.7 Å². The van der Waals surface area contributed by atoms with Crippen molar-refractivity contribution >= 4 is 10.0 Å². The van der Waals surface area contributed by atoms with Crippen LogP contribution in [0.3, 0.4) is 0 Å². The fourth-order valence-electron chi connectivity index (χ4n) is 4.77. The molecule has 3 fully saturated rings. The van der Waals surface area contributed by atoms with Gasteiger partial charge in [0.05, 0.1) is 4.90 Å². The van der Waals surface area contributed by atoms with Crippen molar-refractivity contribution in [1.29, 1.82) is 0 Å². The molecule has 9 heteroatoms. The third kappa shape index (κ3) is 4.17. The molecule has 4 rings (SSSR count). The van der Waals surface area contributed by atoms with Crippen molar-refractivity contribution in [1.82, 2.24) is 9.62 Å². The number of sulfonamides is 1. The van der Waals surface area contributed by atoms with Gasteiger partial charge in [0.2, 0.25) is 10.0 Å². The van der Waals surface area contributed by atoms with Crippen molar-refractivity contribution in [3.05, 3.63) is 24.3 Å². The Bertz CT molecular complexity index is 755. The van der Waals surface area contributed by atoms with E-state index in [2.05, 4.69) is 10.1 Å². The summed E-state index contributed by atoms with van der Waals surface area (Å²) in [7, 11) is -3.66. The predicted molar refractivity (Wildman–Crippen MR) is 98.9 cm³/mol. The van der Waals surface area contributed by atoms with E-state index in [-0.39, 0.29) is 22.7 Å². The maximum Gasteiger partial charge on any atom is 0.387 e. The molecule has 3 heterocycles. The minimum Gasteiger partial charge on any atom is -0.435 e. The molecular weight excluding hydrogens is 390 g/mol. The number of piperidine rings is 1. The fourth-order valence-corrected chi connectivity index (χ4v) is 6.67. The Morgan fingerprint density at radius 1 is 1.00 bits per heavy atom. The average molecular weight is 416 g/mol. The highest BCUT2D eigenvalue weighted by Crippen LogP contribution is 2.40. The van der Waals surface area contributed by atoms with Crippen molar-refractivity contribution in [2.24, 2.45) is 0 Å². The summed E-state index contributed by atoms with van der Waals surface area (Å²) < 4.78 is 62.3. The van der Waals surface area contributed by atoms with Crippen molar-refractivity contribution in [3.63, 3.8) is 0 Å². The zero-order chi connectivity index (χ0) is 19.7. The lowest BCUT2D eigenvalue weighted by atomic mass is 9.97. The van der Waals surface area contributed by atoms with Gasteiger partial charge in [0, 0.05) is 37.4 Å². The number of hydrogen-bond acceptors (Lipinski definition) is 5. The lowest BCUT2D eigenvalue weighted by Crippen LogP contribution is -2.53. The summed E-state index contributed by atoms with van der Waals surface area (Å²) >= 11 is 0. The van der Waals surface area contributed by atoms with E-state index in [9.17, 15) is 17.2 Å². The van der Waals surface area contributed by atoms with Crippen LogP contribution in [0.25, 0.3) is 0 Å². The molecule has 1 N–H and O–H groups in total. The lowest BCUT2D eigenvalue weighted by molar-refractivity contribution is -0.0498. The molecule has 0 unspecified atom stereocenters. The largest absolute Gasteiger partial charge is 0.435 e. The van der Waals surface area contributed by atoms with Crippen LogP contribution < -0.4 is 10.1 Å². The molecule has 0 spiro atoms. The molecule has 3 saturated heterocycles. The third-order valence-electron chi connectivity index (χ3n) is 5.98. The summed E-state index contributed by atoms with van der Waals surface area (Å²) in [5.74, 6) is -0.0451. The number of nitrogens with zero attached hydrogens (tertiary/aromatic N) is 1. The van der Waals surface area contributed by atoms with Gasteiger partial charge in [-0.05, 0) is 62.8 Å². The molecular formula is C19H26F2N2O4S. The van der Waals surface area contributed by atoms with E-state index in [4.69, 9.17) is 4.74 Å². The second-order valence-corrected chi connectivity index (χ2v) is 9.63. The minimum atomic E-state index is -3.66. The van der Waals surface area contributed by atoms with Crippen LogP contribution in [0, 0.1) is 0 Å². The van der Waals surface area contributed by atoms with Crippen LogP contribution in [0.15, 0.2) is 29.2 Å². The Balaban J connectivity index is 1.44. The Morgan fingerprint density at radius 2 is 1.61 bits per heavy atom. The molecule has 28 heavy (non-hydrogen) atoms. The first kappa shape index (κ1) is 20.0. The van der Waals surface area contributed by atoms with Crippen LogP contribution in [-0.2, 0) is 14.8 Å². The highest BCUT2D eigenvalue weighted by atomic mass is 32.2. The Morgan fingerprint density at radius 3 is 2.18 bits per heavy atom. The van der Waals surface area contributed by atoms with Crippen LogP contribution in [-0.4, -0.2) is 56.7 Å². The number of hydrogen-bond donors (Lipinski definition) is 1. The first-order chi connectivity index (χ1) is 13.4. The monoisotopic (exact) mass is 416 g/mol. The fraction of sp³-hybridized carbons (Fsp3) is 0.684. The summed E-state index contributed by atoms with van der Waals surface area (Å²) in [6.07, 6.45) is 5.34. The summed E-state index contributed by atoms with van der Waals surface area (Å²) in [6, 6.07) is 5.99. The van der Waals surface area contributed by atoms with Gasteiger partial charge < -0.3 is 14.8 Å². The van der Waals surface area contributed by atoms with Gasteiger partial charge in [-0.3, -0.25) is 0 Å². The summed E-state index contributed by atoms with van der Waals surface area (Å²) in [5.41, 5.74) is 0. The standard InChI is InChI=1S/C19H26F2N2O4S/c20-19(21)27-17-3-5-18(6-4-17)28(24,25)23-15-1-2-16(23)12-14(11-15)22-13-7-9-26-10-8-13/h3-6,13-16,19,22H,1-2,7-12H2/t14-,15+,16-. The van der Waals surface area contributed by atoms with Gasteiger partial charge >= 0.3 is 6.61 Å². The van der Waals surface area contributed by atoms with Crippen LogP contribution >= 0.6 is 0 Å². The molecule has 2 bridgehead atoms. The summed E-state index contributed by atoms with van der Waals surface area (Å²) in [4.78, 5) is 0.127. The first-order valence-electron chi connectivity index (χ1n) is 9.85.